The molecule has 0 unspecified atom stereocenters. The van der Waals surface area contributed by atoms with Crippen molar-refractivity contribution < 1.29 is 19.0 Å². The van der Waals surface area contributed by atoms with Crippen LogP contribution >= 0.6 is 0 Å². The topological polar surface area (TPSA) is 64.4 Å². The van der Waals surface area contributed by atoms with Gasteiger partial charge in [-0.1, -0.05) is 37.3 Å². The minimum atomic E-state index is -0.916. The van der Waals surface area contributed by atoms with Crippen LogP contribution in [0.25, 0.3) is 22.4 Å². The number of hydrogen-bond acceptors (Lipinski definition) is 3. The van der Waals surface area contributed by atoms with Crippen LogP contribution in [0.15, 0.2) is 54.6 Å². The van der Waals surface area contributed by atoms with Gasteiger partial charge in [0, 0.05) is 23.4 Å². The van der Waals surface area contributed by atoms with E-state index in [2.05, 4.69) is 23.7 Å². The van der Waals surface area contributed by atoms with Crippen LogP contribution in [-0.4, -0.2) is 34.1 Å². The quantitative estimate of drug-likeness (QED) is 0.446. The fourth-order valence-electron chi connectivity index (χ4n) is 4.86. The van der Waals surface area contributed by atoms with Gasteiger partial charge in [-0.2, -0.15) is 5.10 Å². The van der Waals surface area contributed by atoms with Crippen LogP contribution in [0.5, 0.6) is 0 Å². The van der Waals surface area contributed by atoms with Crippen molar-refractivity contribution in [3.05, 3.63) is 66.1 Å². The molecular weight excluding hydrogens is 419 g/mol. The number of carboxylic acids is 1. The second-order valence-electron chi connectivity index (χ2n) is 8.87. The molecule has 0 bridgehead atoms. The second-order valence-corrected chi connectivity index (χ2v) is 8.87. The minimum Gasteiger partial charge on any atom is -0.480 e. The Balaban J connectivity index is 1.55. The number of ether oxygens (including phenoxy) is 1. The summed E-state index contributed by atoms with van der Waals surface area (Å²) < 4.78 is 21.0. The second kappa shape index (κ2) is 10.8. The lowest BCUT2D eigenvalue weighted by Gasteiger charge is -2.28. The number of aromatic nitrogens is 2. The molecule has 0 atom stereocenters. The molecule has 0 saturated heterocycles. The Hall–Kier alpha value is -2.99. The molecule has 0 radical (unpaired) electrons. The zero-order valence-electron chi connectivity index (χ0n) is 19.0. The van der Waals surface area contributed by atoms with E-state index in [9.17, 15) is 9.18 Å². The van der Waals surface area contributed by atoms with Gasteiger partial charge in [0.15, 0.2) is 0 Å². The first-order valence-electron chi connectivity index (χ1n) is 11.8. The molecule has 6 heteroatoms. The maximum Gasteiger partial charge on any atom is 0.329 e. The van der Waals surface area contributed by atoms with Gasteiger partial charge in [0.25, 0.3) is 0 Å². The van der Waals surface area contributed by atoms with Gasteiger partial charge in [-0.3, -0.25) is 4.68 Å². The number of aliphatic carboxylic acids is 1. The van der Waals surface area contributed by atoms with E-state index in [4.69, 9.17) is 14.9 Å². The number of hydrogen-bond donors (Lipinski definition) is 1. The van der Waals surface area contributed by atoms with Crippen LogP contribution in [0.3, 0.4) is 0 Å². The standard InChI is InChI=1S/C27H31FN2O3/c1-2-24-26(21-6-4-3-5-7-21)27(22-12-14-23(28)15-13-22)29-30(24)16-19-8-10-20(11-9-19)17-33-18-25(31)32/h3-7,12-15,19-20H,2,8-11,16-18H2,1H3,(H,31,32)/t19-,20+. The number of benzene rings is 2. The van der Waals surface area contributed by atoms with Crippen LogP contribution in [0.2, 0.25) is 0 Å². The van der Waals surface area contributed by atoms with Crippen molar-refractivity contribution in [3.8, 4) is 22.4 Å². The van der Waals surface area contributed by atoms with Gasteiger partial charge in [-0.05, 0) is 73.8 Å². The third-order valence-corrected chi connectivity index (χ3v) is 6.55. The molecule has 0 spiro atoms. The Kier molecular flexibility index (Phi) is 7.55. The van der Waals surface area contributed by atoms with Crippen molar-refractivity contribution in [2.45, 2.75) is 45.6 Å². The number of halogens is 1. The van der Waals surface area contributed by atoms with E-state index in [1.54, 1.807) is 12.1 Å². The van der Waals surface area contributed by atoms with Crippen LogP contribution in [0.4, 0.5) is 4.39 Å². The lowest BCUT2D eigenvalue weighted by Crippen LogP contribution is -2.23. The maximum absolute atomic E-state index is 13.6. The maximum atomic E-state index is 13.6. The van der Waals surface area contributed by atoms with Crippen molar-refractivity contribution in [1.82, 2.24) is 9.78 Å². The van der Waals surface area contributed by atoms with Crippen molar-refractivity contribution in [1.29, 1.82) is 0 Å². The van der Waals surface area contributed by atoms with Crippen LogP contribution in [0.1, 0.15) is 38.3 Å². The molecule has 1 N–H and O–H groups in total. The SMILES string of the molecule is CCc1c(-c2ccccc2)c(-c2ccc(F)cc2)nn1C[C@H]1CC[C@@H](COCC(=O)O)CC1. The predicted octanol–water partition coefficient (Wildman–Crippen LogP) is 5.83. The van der Waals surface area contributed by atoms with Gasteiger partial charge < -0.3 is 9.84 Å². The van der Waals surface area contributed by atoms with E-state index in [-0.39, 0.29) is 12.4 Å². The molecule has 0 amide bonds. The normalized spacial score (nSPS) is 18.4. The van der Waals surface area contributed by atoms with E-state index in [0.717, 1.165) is 61.0 Å². The predicted molar refractivity (Wildman–Crippen MR) is 126 cm³/mol. The summed E-state index contributed by atoms with van der Waals surface area (Å²) in [6.07, 6.45) is 5.11. The Labute approximate surface area is 194 Å². The summed E-state index contributed by atoms with van der Waals surface area (Å²) in [5, 5.41) is 13.8. The molecule has 0 aliphatic heterocycles. The van der Waals surface area contributed by atoms with Crippen LogP contribution in [-0.2, 0) is 22.5 Å². The number of carbonyl (C=O) groups is 1. The Morgan fingerprint density at radius 3 is 2.33 bits per heavy atom. The molecule has 33 heavy (non-hydrogen) atoms. The monoisotopic (exact) mass is 450 g/mol. The zero-order valence-corrected chi connectivity index (χ0v) is 19.0. The number of nitrogens with zero attached hydrogens (tertiary/aromatic N) is 2. The molecule has 5 nitrogen and oxygen atoms in total. The fraction of sp³-hybridized carbons (Fsp3) is 0.407. The van der Waals surface area contributed by atoms with Crippen molar-refractivity contribution in [2.75, 3.05) is 13.2 Å². The van der Waals surface area contributed by atoms with Crippen molar-refractivity contribution >= 4 is 5.97 Å². The van der Waals surface area contributed by atoms with Crippen LogP contribution < -0.4 is 0 Å². The van der Waals surface area contributed by atoms with E-state index in [1.165, 1.54) is 17.8 Å². The Morgan fingerprint density at radius 2 is 1.70 bits per heavy atom. The molecule has 1 saturated carbocycles. The highest BCUT2D eigenvalue weighted by molar-refractivity contribution is 5.82. The molecule has 1 fully saturated rings. The van der Waals surface area contributed by atoms with Gasteiger partial charge in [0.1, 0.15) is 18.1 Å². The summed E-state index contributed by atoms with van der Waals surface area (Å²) in [6.45, 7) is 3.31. The lowest BCUT2D eigenvalue weighted by molar-refractivity contribution is -0.142. The number of rotatable bonds is 9. The smallest absolute Gasteiger partial charge is 0.329 e. The molecule has 174 valence electrons. The minimum absolute atomic E-state index is 0.221. The summed E-state index contributed by atoms with van der Waals surface area (Å²) in [6, 6.07) is 16.9. The van der Waals surface area contributed by atoms with Gasteiger partial charge in [-0.25, -0.2) is 9.18 Å². The van der Waals surface area contributed by atoms with Crippen LogP contribution in [0, 0.1) is 17.7 Å². The molecule has 1 aliphatic rings. The third-order valence-electron chi connectivity index (χ3n) is 6.55. The molecule has 1 aliphatic carbocycles. The average molecular weight is 451 g/mol. The highest BCUT2D eigenvalue weighted by Gasteiger charge is 2.25. The summed E-state index contributed by atoms with van der Waals surface area (Å²) in [7, 11) is 0. The lowest BCUT2D eigenvalue weighted by atomic mass is 9.82. The molecule has 3 aromatic rings. The molecular formula is C27H31FN2O3. The largest absolute Gasteiger partial charge is 0.480 e. The first-order chi connectivity index (χ1) is 16.0. The first kappa shape index (κ1) is 23.2. The summed E-state index contributed by atoms with van der Waals surface area (Å²) in [4.78, 5) is 10.7. The van der Waals surface area contributed by atoms with Crippen molar-refractivity contribution in [2.24, 2.45) is 11.8 Å². The Bertz CT molecular complexity index is 1050. The van der Waals surface area contributed by atoms with E-state index < -0.39 is 5.97 Å². The van der Waals surface area contributed by atoms with E-state index in [0.29, 0.717) is 18.4 Å². The van der Waals surface area contributed by atoms with Gasteiger partial charge in [-0.15, -0.1) is 0 Å². The average Bonchev–Trinajstić information content (AvgIpc) is 3.19. The molecule has 1 aromatic heterocycles. The summed E-state index contributed by atoms with van der Waals surface area (Å²) >= 11 is 0. The van der Waals surface area contributed by atoms with Gasteiger partial charge >= 0.3 is 5.97 Å². The third kappa shape index (κ3) is 5.69. The molecule has 2 aromatic carbocycles. The van der Waals surface area contributed by atoms with E-state index >= 15 is 0 Å². The highest BCUT2D eigenvalue weighted by atomic mass is 19.1. The van der Waals surface area contributed by atoms with Crippen molar-refractivity contribution in [3.63, 3.8) is 0 Å². The molecule has 1 heterocycles. The van der Waals surface area contributed by atoms with Gasteiger partial charge in [0.05, 0.1) is 6.61 Å². The number of carboxylic acid groups (broad SMARTS) is 1. The molecule has 4 rings (SSSR count). The van der Waals surface area contributed by atoms with E-state index in [1.807, 2.05) is 18.2 Å². The summed E-state index contributed by atoms with van der Waals surface area (Å²) in [5.41, 5.74) is 5.27. The first-order valence-corrected chi connectivity index (χ1v) is 11.8. The summed E-state index contributed by atoms with van der Waals surface area (Å²) in [5.74, 6) is -0.214. The Morgan fingerprint density at radius 1 is 1.03 bits per heavy atom. The highest BCUT2D eigenvalue weighted by Crippen LogP contribution is 2.37. The van der Waals surface area contributed by atoms with Gasteiger partial charge in [0.2, 0.25) is 0 Å². The zero-order chi connectivity index (χ0) is 23.2. The fourth-order valence-corrected chi connectivity index (χ4v) is 4.86.